The first-order valence-electron chi connectivity index (χ1n) is 5.70. The number of alkyl halides is 1. The molecular formula is C10H16BrN3O2S. The zero-order valence-corrected chi connectivity index (χ0v) is 12.1. The maximum atomic E-state index is 12.3. The maximum absolute atomic E-state index is 12.3. The monoisotopic (exact) mass is 321 g/mol. The van der Waals surface area contributed by atoms with E-state index in [0.29, 0.717) is 13.1 Å². The van der Waals surface area contributed by atoms with Gasteiger partial charge in [-0.25, -0.2) is 13.4 Å². The van der Waals surface area contributed by atoms with Crippen LogP contribution in [0.15, 0.2) is 17.6 Å². The van der Waals surface area contributed by atoms with E-state index in [9.17, 15) is 8.42 Å². The van der Waals surface area contributed by atoms with Crippen molar-refractivity contribution in [1.29, 1.82) is 0 Å². The van der Waals surface area contributed by atoms with Gasteiger partial charge < -0.3 is 4.57 Å². The minimum Gasteiger partial charge on any atom is -0.336 e. The summed E-state index contributed by atoms with van der Waals surface area (Å²) in [6.45, 7) is 3.79. The van der Waals surface area contributed by atoms with E-state index in [2.05, 4.69) is 20.9 Å². The van der Waals surface area contributed by atoms with Gasteiger partial charge in [-0.2, -0.15) is 4.31 Å². The number of sulfonamides is 1. The average molecular weight is 322 g/mol. The van der Waals surface area contributed by atoms with Crippen LogP contribution in [0.3, 0.4) is 0 Å². The molecule has 1 unspecified atom stereocenters. The zero-order chi connectivity index (χ0) is 12.5. The highest BCUT2D eigenvalue weighted by Crippen LogP contribution is 2.22. The highest BCUT2D eigenvalue weighted by molar-refractivity contribution is 9.09. The lowest BCUT2D eigenvalue weighted by molar-refractivity contribution is 0.355. The topological polar surface area (TPSA) is 55.2 Å². The van der Waals surface area contributed by atoms with E-state index in [1.165, 1.54) is 4.31 Å². The Bertz CT molecular complexity index is 485. The van der Waals surface area contributed by atoms with E-state index in [-0.39, 0.29) is 9.85 Å². The molecule has 1 saturated heterocycles. The largest absolute Gasteiger partial charge is 0.336 e. The van der Waals surface area contributed by atoms with Gasteiger partial charge in [-0.1, -0.05) is 15.9 Å². The summed E-state index contributed by atoms with van der Waals surface area (Å²) in [4.78, 5) is 4.23. The molecule has 1 atom stereocenters. The lowest BCUT2D eigenvalue weighted by Crippen LogP contribution is -2.40. The number of imidazole rings is 1. The third-order valence-electron chi connectivity index (χ3n) is 2.91. The molecule has 1 aliphatic heterocycles. The van der Waals surface area contributed by atoms with Crippen LogP contribution >= 0.6 is 15.9 Å². The molecule has 2 rings (SSSR count). The fourth-order valence-corrected chi connectivity index (χ4v) is 4.21. The van der Waals surface area contributed by atoms with E-state index in [0.717, 1.165) is 19.4 Å². The Morgan fingerprint density at radius 1 is 1.59 bits per heavy atom. The molecule has 0 aromatic carbocycles. The van der Waals surface area contributed by atoms with Gasteiger partial charge in [-0.3, -0.25) is 0 Å². The van der Waals surface area contributed by atoms with E-state index in [1.54, 1.807) is 17.1 Å². The number of rotatable bonds is 3. The minimum absolute atomic E-state index is 0.154. The highest BCUT2D eigenvalue weighted by atomic mass is 79.9. The Morgan fingerprint density at radius 3 is 2.94 bits per heavy atom. The van der Waals surface area contributed by atoms with Crippen LogP contribution in [0.4, 0.5) is 0 Å². The van der Waals surface area contributed by atoms with Crippen LogP contribution in [0.25, 0.3) is 0 Å². The lowest BCUT2D eigenvalue weighted by Gasteiger charge is -2.28. The second kappa shape index (κ2) is 5.07. The molecule has 0 aliphatic carbocycles. The summed E-state index contributed by atoms with van der Waals surface area (Å²) in [6.07, 6.45) is 5.06. The van der Waals surface area contributed by atoms with Crippen LogP contribution in [0, 0.1) is 0 Å². The van der Waals surface area contributed by atoms with Crippen molar-refractivity contribution >= 4 is 26.0 Å². The van der Waals surface area contributed by atoms with Crippen LogP contribution in [0.2, 0.25) is 0 Å². The normalized spacial score (nSPS) is 22.8. The summed E-state index contributed by atoms with van der Waals surface area (Å²) in [5.74, 6) is 0. The molecule has 2 heterocycles. The van der Waals surface area contributed by atoms with Gasteiger partial charge in [-0.05, 0) is 19.8 Å². The van der Waals surface area contributed by atoms with Gasteiger partial charge in [0, 0.05) is 30.7 Å². The van der Waals surface area contributed by atoms with Crippen LogP contribution in [-0.4, -0.2) is 40.2 Å². The first kappa shape index (κ1) is 13.0. The molecule has 7 heteroatoms. The summed E-state index contributed by atoms with van der Waals surface area (Å²) >= 11 is 3.48. The van der Waals surface area contributed by atoms with Crippen LogP contribution in [0.1, 0.15) is 19.8 Å². The van der Waals surface area contributed by atoms with E-state index >= 15 is 0 Å². The number of hydrogen-bond donors (Lipinski definition) is 0. The van der Waals surface area contributed by atoms with Gasteiger partial charge in [0.15, 0.2) is 5.03 Å². The predicted molar refractivity (Wildman–Crippen MR) is 68.6 cm³/mol. The van der Waals surface area contributed by atoms with Crippen molar-refractivity contribution in [3.8, 4) is 0 Å². The molecule has 96 valence electrons. The second-order valence-electron chi connectivity index (χ2n) is 4.14. The van der Waals surface area contributed by atoms with Gasteiger partial charge in [0.05, 0.1) is 6.33 Å². The van der Waals surface area contributed by atoms with Crippen molar-refractivity contribution < 1.29 is 8.42 Å². The molecule has 17 heavy (non-hydrogen) atoms. The van der Waals surface area contributed by atoms with Crippen LogP contribution < -0.4 is 0 Å². The van der Waals surface area contributed by atoms with E-state index in [4.69, 9.17) is 0 Å². The third kappa shape index (κ3) is 2.71. The molecule has 5 nitrogen and oxygen atoms in total. The Kier molecular flexibility index (Phi) is 3.89. The Morgan fingerprint density at radius 2 is 2.35 bits per heavy atom. The Balaban J connectivity index is 2.23. The zero-order valence-electron chi connectivity index (χ0n) is 9.71. The van der Waals surface area contributed by atoms with Crippen molar-refractivity contribution in [2.45, 2.75) is 36.2 Å². The SMILES string of the molecule is CCn1cnc(S(=O)(=O)N2CCCC(Br)C2)c1. The van der Waals surface area contributed by atoms with Crippen molar-refractivity contribution in [1.82, 2.24) is 13.9 Å². The van der Waals surface area contributed by atoms with Crippen molar-refractivity contribution in [2.24, 2.45) is 0 Å². The predicted octanol–water partition coefficient (Wildman–Crippen LogP) is 1.45. The summed E-state index contributed by atoms with van der Waals surface area (Å²) in [5.41, 5.74) is 0. The highest BCUT2D eigenvalue weighted by Gasteiger charge is 2.30. The van der Waals surface area contributed by atoms with Gasteiger partial charge in [-0.15, -0.1) is 0 Å². The van der Waals surface area contributed by atoms with Gasteiger partial charge in [0.2, 0.25) is 0 Å². The number of aromatic nitrogens is 2. The third-order valence-corrected chi connectivity index (χ3v) is 5.40. The fourth-order valence-electron chi connectivity index (χ4n) is 1.89. The summed E-state index contributed by atoms with van der Waals surface area (Å²) in [5, 5.41) is 0.154. The molecule has 0 bridgehead atoms. The van der Waals surface area contributed by atoms with Crippen molar-refractivity contribution in [3.63, 3.8) is 0 Å². The van der Waals surface area contributed by atoms with E-state index < -0.39 is 10.0 Å². The fraction of sp³-hybridized carbons (Fsp3) is 0.700. The molecule has 1 fully saturated rings. The molecule has 0 radical (unpaired) electrons. The van der Waals surface area contributed by atoms with Gasteiger partial charge in [0.25, 0.3) is 10.0 Å². The average Bonchev–Trinajstić information content (AvgIpc) is 2.78. The molecule has 1 aromatic heterocycles. The van der Waals surface area contributed by atoms with Gasteiger partial charge in [0.1, 0.15) is 0 Å². The van der Waals surface area contributed by atoms with Crippen LogP contribution in [-0.2, 0) is 16.6 Å². The first-order valence-corrected chi connectivity index (χ1v) is 8.05. The molecule has 0 spiro atoms. The number of piperidine rings is 1. The molecule has 0 amide bonds. The minimum atomic E-state index is -3.41. The Hall–Kier alpha value is -0.400. The molecular weight excluding hydrogens is 306 g/mol. The second-order valence-corrected chi connectivity index (χ2v) is 7.32. The number of hydrogen-bond acceptors (Lipinski definition) is 3. The molecule has 1 aromatic rings. The summed E-state index contributed by atoms with van der Waals surface area (Å²) in [6, 6.07) is 0. The standard InChI is InChI=1S/C10H16BrN3O2S/c1-2-13-7-10(12-8-13)17(15,16)14-5-3-4-9(11)6-14/h7-9H,2-6H2,1H3. The molecule has 0 saturated carbocycles. The van der Waals surface area contributed by atoms with Crippen LogP contribution in [0.5, 0.6) is 0 Å². The summed E-state index contributed by atoms with van der Waals surface area (Å²) in [7, 11) is -3.41. The molecule has 1 aliphatic rings. The Labute approximate surface area is 110 Å². The van der Waals surface area contributed by atoms with Crippen molar-refractivity contribution in [2.75, 3.05) is 13.1 Å². The smallest absolute Gasteiger partial charge is 0.262 e. The quantitative estimate of drug-likeness (QED) is 0.792. The number of aryl methyl sites for hydroxylation is 1. The van der Waals surface area contributed by atoms with E-state index in [1.807, 2.05) is 6.92 Å². The summed E-state index contributed by atoms with van der Waals surface area (Å²) < 4.78 is 27.9. The number of nitrogens with zero attached hydrogens (tertiary/aromatic N) is 3. The van der Waals surface area contributed by atoms with Gasteiger partial charge >= 0.3 is 0 Å². The lowest BCUT2D eigenvalue weighted by atomic mass is 10.2. The maximum Gasteiger partial charge on any atom is 0.262 e. The molecule has 0 N–H and O–H groups in total. The first-order chi connectivity index (χ1) is 8.04. The number of halogens is 1. The van der Waals surface area contributed by atoms with Crippen molar-refractivity contribution in [3.05, 3.63) is 12.5 Å².